The Balaban J connectivity index is 1.11. The molecule has 0 amide bonds. The van der Waals surface area contributed by atoms with Gasteiger partial charge in [-0.2, -0.15) is 4.37 Å². The molecule has 0 atom stereocenters. The van der Waals surface area contributed by atoms with Gasteiger partial charge < -0.3 is 9.74 Å². The van der Waals surface area contributed by atoms with Crippen LogP contribution in [0.25, 0.3) is 21.1 Å². The molecule has 1 saturated heterocycles. The standard InChI is InChI=1S/C20H20F2N6OS/c21-14-3-5-17-18(12-14)28(25-23-17)29-11-1-6-26-7-9-27(10-8-26)20-16-4-2-15(22)13-19(16)30-24-20/h2-5,12-13H,1,6-11H2. The first kappa shape index (κ1) is 19.1. The average Bonchev–Trinajstić information content (AvgIpc) is 3.35. The molecule has 0 radical (unpaired) electrons. The molecule has 1 aliphatic heterocycles. The first-order chi connectivity index (χ1) is 14.7. The molecule has 2 aromatic carbocycles. The van der Waals surface area contributed by atoms with E-state index in [1.807, 2.05) is 6.07 Å². The molecule has 0 aliphatic carbocycles. The van der Waals surface area contributed by atoms with Crippen LogP contribution in [0.3, 0.4) is 0 Å². The number of hydrogen-bond donors (Lipinski definition) is 0. The molecule has 0 unspecified atom stereocenters. The maximum atomic E-state index is 13.4. The van der Waals surface area contributed by atoms with E-state index < -0.39 is 0 Å². The Morgan fingerprint density at radius 3 is 2.67 bits per heavy atom. The third-order valence-electron chi connectivity index (χ3n) is 5.30. The van der Waals surface area contributed by atoms with E-state index in [4.69, 9.17) is 4.84 Å². The van der Waals surface area contributed by atoms with Gasteiger partial charge in [0, 0.05) is 44.2 Å². The van der Waals surface area contributed by atoms with Gasteiger partial charge in [0.25, 0.3) is 0 Å². The van der Waals surface area contributed by atoms with E-state index in [1.165, 1.54) is 34.6 Å². The fourth-order valence-electron chi connectivity index (χ4n) is 3.72. The molecule has 0 saturated carbocycles. The maximum Gasteiger partial charge on any atom is 0.150 e. The molecule has 0 spiro atoms. The first-order valence-electron chi connectivity index (χ1n) is 9.84. The van der Waals surface area contributed by atoms with Crippen LogP contribution in [-0.4, -0.2) is 63.8 Å². The molecule has 156 valence electrons. The first-order valence-corrected chi connectivity index (χ1v) is 10.6. The fourth-order valence-corrected chi connectivity index (χ4v) is 4.54. The topological polar surface area (TPSA) is 59.3 Å². The highest BCUT2D eigenvalue weighted by molar-refractivity contribution is 7.13. The molecular weight excluding hydrogens is 410 g/mol. The summed E-state index contributed by atoms with van der Waals surface area (Å²) in [6.07, 6.45) is 0.829. The van der Waals surface area contributed by atoms with E-state index in [2.05, 4.69) is 24.5 Å². The van der Waals surface area contributed by atoms with Crippen molar-refractivity contribution >= 4 is 38.5 Å². The Morgan fingerprint density at radius 2 is 1.80 bits per heavy atom. The number of aromatic nitrogens is 4. The third kappa shape index (κ3) is 3.80. The van der Waals surface area contributed by atoms with E-state index in [1.54, 1.807) is 12.1 Å². The summed E-state index contributed by atoms with van der Waals surface area (Å²) < 4.78 is 32.2. The van der Waals surface area contributed by atoms with Crippen LogP contribution in [0.4, 0.5) is 14.6 Å². The summed E-state index contributed by atoms with van der Waals surface area (Å²) in [5, 5.41) is 8.90. The van der Waals surface area contributed by atoms with Crippen LogP contribution >= 0.6 is 11.5 Å². The van der Waals surface area contributed by atoms with Crippen molar-refractivity contribution in [3.63, 3.8) is 0 Å². The van der Waals surface area contributed by atoms with Crippen LogP contribution in [0, 0.1) is 11.6 Å². The van der Waals surface area contributed by atoms with Gasteiger partial charge in [0.2, 0.25) is 0 Å². The highest BCUT2D eigenvalue weighted by Crippen LogP contribution is 2.30. The molecule has 1 fully saturated rings. The summed E-state index contributed by atoms with van der Waals surface area (Å²) in [5.41, 5.74) is 1.13. The van der Waals surface area contributed by atoms with Crippen molar-refractivity contribution in [3.8, 4) is 0 Å². The lowest BCUT2D eigenvalue weighted by atomic mass is 10.2. The fraction of sp³-hybridized carbons (Fsp3) is 0.350. The number of benzene rings is 2. The van der Waals surface area contributed by atoms with Gasteiger partial charge in [0.15, 0.2) is 0 Å². The summed E-state index contributed by atoms with van der Waals surface area (Å²) in [5.74, 6) is 0.377. The Bertz CT molecular complexity index is 1170. The van der Waals surface area contributed by atoms with Crippen molar-refractivity contribution in [1.82, 2.24) is 24.4 Å². The number of piperazine rings is 1. The van der Waals surface area contributed by atoms with Crippen LogP contribution in [0.2, 0.25) is 0 Å². The zero-order valence-corrected chi connectivity index (χ0v) is 17.0. The van der Waals surface area contributed by atoms with Crippen molar-refractivity contribution in [2.45, 2.75) is 6.42 Å². The monoisotopic (exact) mass is 430 g/mol. The molecular formula is C20H20F2N6OS. The van der Waals surface area contributed by atoms with Crippen LogP contribution in [-0.2, 0) is 0 Å². The summed E-state index contributed by atoms with van der Waals surface area (Å²) >= 11 is 1.34. The zero-order valence-electron chi connectivity index (χ0n) is 16.2. The van der Waals surface area contributed by atoms with E-state index >= 15 is 0 Å². The Morgan fingerprint density at radius 1 is 1.00 bits per heavy atom. The van der Waals surface area contributed by atoms with Gasteiger partial charge >= 0.3 is 0 Å². The molecule has 7 nitrogen and oxygen atoms in total. The van der Waals surface area contributed by atoms with Gasteiger partial charge in [0.05, 0.1) is 4.70 Å². The lowest BCUT2D eigenvalue weighted by Gasteiger charge is -2.35. The molecule has 0 N–H and O–H groups in total. The predicted molar refractivity (Wildman–Crippen MR) is 112 cm³/mol. The second-order valence-corrected chi connectivity index (χ2v) is 8.06. The number of nitrogens with zero attached hydrogens (tertiary/aromatic N) is 6. The smallest absolute Gasteiger partial charge is 0.150 e. The van der Waals surface area contributed by atoms with Gasteiger partial charge in [-0.1, -0.05) is 4.85 Å². The second-order valence-electron chi connectivity index (χ2n) is 7.26. The van der Waals surface area contributed by atoms with E-state index in [0.29, 0.717) is 17.6 Å². The molecule has 1 aliphatic rings. The van der Waals surface area contributed by atoms with Gasteiger partial charge in [-0.25, -0.2) is 8.78 Å². The van der Waals surface area contributed by atoms with Crippen LogP contribution in [0.5, 0.6) is 0 Å². The minimum atomic E-state index is -0.342. The number of rotatable bonds is 6. The van der Waals surface area contributed by atoms with Crippen molar-refractivity contribution in [1.29, 1.82) is 0 Å². The number of halogens is 2. The summed E-state index contributed by atoms with van der Waals surface area (Å²) in [4.78, 5) is 11.6. The molecule has 3 heterocycles. The van der Waals surface area contributed by atoms with E-state index in [9.17, 15) is 8.78 Å². The maximum absolute atomic E-state index is 13.4. The van der Waals surface area contributed by atoms with E-state index in [-0.39, 0.29) is 11.6 Å². The lowest BCUT2D eigenvalue weighted by molar-refractivity contribution is 0.0784. The highest BCUT2D eigenvalue weighted by atomic mass is 32.1. The van der Waals surface area contributed by atoms with Crippen molar-refractivity contribution in [2.24, 2.45) is 0 Å². The number of anilines is 1. The molecule has 10 heteroatoms. The number of hydrogen-bond acceptors (Lipinski definition) is 7. The molecule has 4 aromatic rings. The van der Waals surface area contributed by atoms with Crippen LogP contribution < -0.4 is 9.74 Å². The van der Waals surface area contributed by atoms with Crippen molar-refractivity contribution < 1.29 is 13.6 Å². The molecule has 0 bridgehead atoms. The van der Waals surface area contributed by atoms with Crippen molar-refractivity contribution in [2.75, 3.05) is 44.2 Å². The van der Waals surface area contributed by atoms with E-state index in [0.717, 1.165) is 55.0 Å². The third-order valence-corrected chi connectivity index (χ3v) is 6.10. The quantitative estimate of drug-likeness (QED) is 0.439. The minimum absolute atomic E-state index is 0.228. The SMILES string of the molecule is Fc1ccc2c(N3CCN(CCCOn4nnc5ccc(F)cc54)CC3)nsc2c1. The summed E-state index contributed by atoms with van der Waals surface area (Å²) in [7, 11) is 0. The Kier molecular flexibility index (Phi) is 5.17. The second kappa shape index (κ2) is 8.11. The minimum Gasteiger partial charge on any atom is -0.395 e. The van der Waals surface area contributed by atoms with Crippen LogP contribution in [0.15, 0.2) is 36.4 Å². The van der Waals surface area contributed by atoms with Gasteiger partial charge in [0.1, 0.15) is 35.1 Å². The molecule has 5 rings (SSSR count). The number of fused-ring (bicyclic) bond motifs is 2. The highest BCUT2D eigenvalue weighted by Gasteiger charge is 2.20. The zero-order chi connectivity index (χ0) is 20.5. The van der Waals surface area contributed by atoms with Crippen molar-refractivity contribution in [3.05, 3.63) is 48.0 Å². The Hall–Kier alpha value is -2.85. The summed E-state index contributed by atoms with van der Waals surface area (Å²) in [6, 6.07) is 9.15. The Labute approximate surface area is 175 Å². The van der Waals surface area contributed by atoms with Crippen LogP contribution in [0.1, 0.15) is 6.42 Å². The average molecular weight is 430 g/mol. The normalized spacial score (nSPS) is 15.3. The summed E-state index contributed by atoms with van der Waals surface area (Å²) in [6.45, 7) is 4.98. The largest absolute Gasteiger partial charge is 0.395 e. The van der Waals surface area contributed by atoms with Gasteiger partial charge in [-0.05, 0) is 53.5 Å². The molecule has 2 aromatic heterocycles. The van der Waals surface area contributed by atoms with Gasteiger partial charge in [-0.3, -0.25) is 4.90 Å². The predicted octanol–water partition coefficient (Wildman–Crippen LogP) is 2.96. The lowest BCUT2D eigenvalue weighted by Crippen LogP contribution is -2.47. The van der Waals surface area contributed by atoms with Gasteiger partial charge in [-0.15, -0.1) is 5.10 Å². The molecule has 30 heavy (non-hydrogen) atoms.